The molecule has 1 aromatic rings. The van der Waals surface area contributed by atoms with Crippen molar-refractivity contribution >= 4 is 0 Å². The molecule has 2 fully saturated rings. The zero-order valence-corrected chi connectivity index (χ0v) is 13.4. The molecule has 3 heterocycles. The van der Waals surface area contributed by atoms with Crippen molar-refractivity contribution in [2.45, 2.75) is 44.2 Å². The first-order valence-electron chi connectivity index (χ1n) is 8.06. The maximum absolute atomic E-state index is 5.62. The molecule has 2 aliphatic heterocycles. The van der Waals surface area contributed by atoms with E-state index in [1.54, 1.807) is 0 Å². The van der Waals surface area contributed by atoms with E-state index in [1.165, 1.54) is 19.3 Å². The largest absolute Gasteiger partial charge is 0.337 e. The molecule has 118 valence electrons. The number of nitrogens with zero attached hydrogens (tertiary/aromatic N) is 4. The molecule has 2 unspecified atom stereocenters. The average molecular weight is 293 g/mol. The smallest absolute Gasteiger partial charge is 0.246 e. The third-order valence-electron chi connectivity index (χ3n) is 4.90. The molecule has 2 aliphatic rings. The first kappa shape index (κ1) is 14.9. The molecular weight excluding hydrogens is 266 g/mol. The number of aromatic nitrogens is 2. The maximum Gasteiger partial charge on any atom is 0.246 e. The normalized spacial score (nSPS) is 33.0. The molecule has 0 saturated carbocycles. The molecule has 1 N–H and O–H groups in total. The Morgan fingerprint density at radius 1 is 1.24 bits per heavy atom. The van der Waals surface area contributed by atoms with Crippen LogP contribution in [0.5, 0.6) is 0 Å². The summed E-state index contributed by atoms with van der Waals surface area (Å²) in [7, 11) is 4.32. The van der Waals surface area contributed by atoms with Crippen molar-refractivity contribution in [2.75, 3.05) is 40.3 Å². The Morgan fingerprint density at radius 2 is 2.10 bits per heavy atom. The van der Waals surface area contributed by atoms with E-state index >= 15 is 0 Å². The predicted molar refractivity (Wildman–Crippen MR) is 81.0 cm³/mol. The van der Waals surface area contributed by atoms with Crippen molar-refractivity contribution in [3.63, 3.8) is 0 Å². The van der Waals surface area contributed by atoms with Gasteiger partial charge in [-0.3, -0.25) is 4.90 Å². The van der Waals surface area contributed by atoms with Gasteiger partial charge in [0.05, 0.1) is 11.6 Å². The number of rotatable bonds is 2. The molecule has 0 radical (unpaired) electrons. The Bertz CT molecular complexity index is 468. The molecule has 0 aliphatic carbocycles. The summed E-state index contributed by atoms with van der Waals surface area (Å²) in [5.74, 6) is 1.58. The van der Waals surface area contributed by atoms with Gasteiger partial charge in [-0.2, -0.15) is 4.98 Å². The van der Waals surface area contributed by atoms with Crippen molar-refractivity contribution in [1.29, 1.82) is 0 Å². The number of hydrogen-bond donors (Lipinski definition) is 1. The van der Waals surface area contributed by atoms with Gasteiger partial charge in [0, 0.05) is 6.54 Å². The number of likely N-dealkylation sites (N-methyl/N-ethyl adjacent to an activating group) is 2. The zero-order valence-electron chi connectivity index (χ0n) is 13.4. The minimum Gasteiger partial charge on any atom is -0.337 e. The van der Waals surface area contributed by atoms with Gasteiger partial charge in [0.2, 0.25) is 5.89 Å². The fourth-order valence-electron chi connectivity index (χ4n) is 3.38. The van der Waals surface area contributed by atoms with Crippen LogP contribution in [0, 0.1) is 0 Å². The van der Waals surface area contributed by atoms with Crippen molar-refractivity contribution < 1.29 is 4.52 Å². The third kappa shape index (κ3) is 3.12. The van der Waals surface area contributed by atoms with E-state index in [-0.39, 0.29) is 11.6 Å². The Hall–Kier alpha value is -0.980. The lowest BCUT2D eigenvalue weighted by molar-refractivity contribution is 0.201. The van der Waals surface area contributed by atoms with Gasteiger partial charge in [0.25, 0.3) is 0 Å². The lowest BCUT2D eigenvalue weighted by Gasteiger charge is -2.31. The summed E-state index contributed by atoms with van der Waals surface area (Å²) in [5.41, 5.74) is -0.154. The van der Waals surface area contributed by atoms with Crippen LogP contribution in [-0.2, 0) is 5.54 Å². The van der Waals surface area contributed by atoms with Gasteiger partial charge < -0.3 is 14.7 Å². The third-order valence-corrected chi connectivity index (χ3v) is 4.90. The van der Waals surface area contributed by atoms with Crippen LogP contribution < -0.4 is 5.32 Å². The fourth-order valence-corrected chi connectivity index (χ4v) is 3.38. The zero-order chi connectivity index (χ0) is 14.9. The first-order chi connectivity index (χ1) is 10.1. The SMILES string of the molecule is CN1CCCN(C)C(c2noc(C3(C)CCCCN3)n2)C1. The molecule has 6 heteroatoms. The van der Waals surface area contributed by atoms with Gasteiger partial charge in [0.1, 0.15) is 0 Å². The second-order valence-corrected chi connectivity index (χ2v) is 6.79. The van der Waals surface area contributed by atoms with Crippen LogP contribution >= 0.6 is 0 Å². The van der Waals surface area contributed by atoms with Crippen LogP contribution in [-0.4, -0.2) is 60.2 Å². The Kier molecular flexibility index (Phi) is 4.28. The summed E-state index contributed by atoms with van der Waals surface area (Å²) >= 11 is 0. The molecule has 0 amide bonds. The Labute approximate surface area is 126 Å². The van der Waals surface area contributed by atoms with Crippen LogP contribution in [0.25, 0.3) is 0 Å². The van der Waals surface area contributed by atoms with Crippen LogP contribution in [0.4, 0.5) is 0 Å². The summed E-state index contributed by atoms with van der Waals surface area (Å²) in [6, 6.07) is 0.224. The highest BCUT2D eigenvalue weighted by atomic mass is 16.5. The van der Waals surface area contributed by atoms with Gasteiger partial charge in [0.15, 0.2) is 5.82 Å². The maximum atomic E-state index is 5.62. The van der Waals surface area contributed by atoms with E-state index in [0.717, 1.165) is 44.3 Å². The second kappa shape index (κ2) is 6.02. The molecule has 2 saturated heterocycles. The van der Waals surface area contributed by atoms with Crippen LogP contribution in [0.15, 0.2) is 4.52 Å². The average Bonchev–Trinajstić information content (AvgIpc) is 2.89. The van der Waals surface area contributed by atoms with Gasteiger partial charge in [-0.1, -0.05) is 5.16 Å². The quantitative estimate of drug-likeness (QED) is 0.889. The van der Waals surface area contributed by atoms with E-state index < -0.39 is 0 Å². The minimum atomic E-state index is -0.154. The molecule has 2 atom stereocenters. The van der Waals surface area contributed by atoms with Crippen LogP contribution in [0.1, 0.15) is 50.4 Å². The number of nitrogens with one attached hydrogen (secondary N) is 1. The van der Waals surface area contributed by atoms with Gasteiger partial charge >= 0.3 is 0 Å². The van der Waals surface area contributed by atoms with E-state index in [1.807, 2.05) is 0 Å². The Morgan fingerprint density at radius 3 is 2.86 bits per heavy atom. The summed E-state index contributed by atoms with van der Waals surface area (Å²) in [6.45, 7) is 6.37. The molecular formula is C15H27N5O. The molecule has 0 aromatic carbocycles. The topological polar surface area (TPSA) is 57.4 Å². The highest BCUT2D eigenvalue weighted by Crippen LogP contribution is 2.30. The Balaban J connectivity index is 1.80. The first-order valence-corrected chi connectivity index (χ1v) is 8.06. The van der Waals surface area contributed by atoms with Crippen molar-refractivity contribution in [1.82, 2.24) is 25.3 Å². The molecule has 0 spiro atoms. The predicted octanol–water partition coefficient (Wildman–Crippen LogP) is 1.37. The minimum absolute atomic E-state index is 0.154. The van der Waals surface area contributed by atoms with Gasteiger partial charge in [-0.25, -0.2) is 0 Å². The second-order valence-electron chi connectivity index (χ2n) is 6.79. The van der Waals surface area contributed by atoms with E-state index in [2.05, 4.69) is 41.3 Å². The summed E-state index contributed by atoms with van der Waals surface area (Å²) < 4.78 is 5.62. The monoisotopic (exact) mass is 293 g/mol. The van der Waals surface area contributed by atoms with Gasteiger partial charge in [-0.05, 0) is 66.3 Å². The van der Waals surface area contributed by atoms with Crippen LogP contribution in [0.2, 0.25) is 0 Å². The van der Waals surface area contributed by atoms with E-state index in [0.29, 0.717) is 0 Å². The van der Waals surface area contributed by atoms with Crippen molar-refractivity contribution in [3.8, 4) is 0 Å². The van der Waals surface area contributed by atoms with Crippen molar-refractivity contribution in [3.05, 3.63) is 11.7 Å². The van der Waals surface area contributed by atoms with Crippen molar-refractivity contribution in [2.24, 2.45) is 0 Å². The standard InChI is InChI=1S/C15H27N5O/c1-15(7-4-5-8-16-15)14-17-13(18-21-14)12-11-19(2)9-6-10-20(12)3/h12,16H,4-11H2,1-3H3. The van der Waals surface area contributed by atoms with E-state index in [4.69, 9.17) is 9.51 Å². The van der Waals surface area contributed by atoms with Crippen LogP contribution in [0.3, 0.4) is 0 Å². The number of hydrogen-bond acceptors (Lipinski definition) is 6. The molecule has 0 bridgehead atoms. The molecule has 6 nitrogen and oxygen atoms in total. The summed E-state index contributed by atoms with van der Waals surface area (Å²) in [6.07, 6.45) is 4.70. The molecule has 3 rings (SSSR count). The summed E-state index contributed by atoms with van der Waals surface area (Å²) in [4.78, 5) is 9.44. The van der Waals surface area contributed by atoms with Gasteiger partial charge in [-0.15, -0.1) is 0 Å². The summed E-state index contributed by atoms with van der Waals surface area (Å²) in [5, 5.41) is 7.83. The molecule has 1 aromatic heterocycles. The number of piperidine rings is 1. The highest BCUT2D eigenvalue weighted by Gasteiger charge is 2.35. The highest BCUT2D eigenvalue weighted by molar-refractivity contribution is 5.06. The molecule has 21 heavy (non-hydrogen) atoms. The lowest BCUT2D eigenvalue weighted by atomic mass is 9.91. The lowest BCUT2D eigenvalue weighted by Crippen LogP contribution is -2.43. The van der Waals surface area contributed by atoms with E-state index in [9.17, 15) is 0 Å². The fraction of sp³-hybridized carbons (Fsp3) is 0.867.